The van der Waals surface area contributed by atoms with E-state index in [1.165, 1.54) is 22.3 Å². The van der Waals surface area contributed by atoms with Crippen LogP contribution in [0.25, 0.3) is 0 Å². The first-order valence-electron chi connectivity index (χ1n) is 11.8. The van der Waals surface area contributed by atoms with E-state index in [9.17, 15) is 0 Å². The van der Waals surface area contributed by atoms with Crippen LogP contribution in [-0.2, 0) is 20.7 Å². The monoisotopic (exact) mass is 450 g/mol. The van der Waals surface area contributed by atoms with E-state index >= 15 is 0 Å². The first kappa shape index (κ1) is 23.9. The molecule has 0 aliphatic heterocycles. The molecule has 0 aliphatic carbocycles. The number of benzene rings is 4. The van der Waals surface area contributed by atoms with Crippen molar-refractivity contribution in [3.05, 3.63) is 142 Å². The molecule has 0 unspecified atom stereocenters. The van der Waals surface area contributed by atoms with Crippen molar-refractivity contribution in [1.29, 1.82) is 0 Å². The topological polar surface area (TPSA) is 18.5 Å². The number of hydrogen-bond acceptors (Lipinski definition) is 2. The predicted octanol–water partition coefficient (Wildman–Crippen LogP) is 7.40. The zero-order valence-electron chi connectivity index (χ0n) is 21.1. The van der Waals surface area contributed by atoms with Gasteiger partial charge in [-0.2, -0.15) is 0 Å². The maximum atomic E-state index is 6.69. The van der Waals surface area contributed by atoms with Crippen LogP contribution in [0.5, 0.6) is 0 Å². The summed E-state index contributed by atoms with van der Waals surface area (Å²) in [5.74, 6) is 0. The molecule has 2 heteroatoms. The first-order chi connectivity index (χ1) is 16.4. The fourth-order valence-electron chi connectivity index (χ4n) is 5.06. The van der Waals surface area contributed by atoms with Crippen LogP contribution in [0, 0.1) is 27.7 Å². The molecule has 4 aromatic rings. The summed E-state index contributed by atoms with van der Waals surface area (Å²) in [7, 11) is 3.58. The van der Waals surface area contributed by atoms with Crippen molar-refractivity contribution in [3.63, 3.8) is 0 Å². The average Bonchev–Trinajstić information content (AvgIpc) is 2.85. The summed E-state index contributed by atoms with van der Waals surface area (Å²) in [5, 5.41) is 0. The maximum absolute atomic E-state index is 6.69. The lowest BCUT2D eigenvalue weighted by atomic mass is 9.65. The van der Waals surface area contributed by atoms with Crippen molar-refractivity contribution in [3.8, 4) is 0 Å². The Labute approximate surface area is 204 Å². The SMILES string of the molecule is COC(c1ccc(C)cc1)(c1ccc(C)cc1)C(OC)(c1ccc(C)cc1)c1ccc(C)cc1. The number of rotatable bonds is 7. The molecule has 0 aromatic heterocycles. The van der Waals surface area contributed by atoms with Gasteiger partial charge in [0.1, 0.15) is 0 Å². The quantitative estimate of drug-likeness (QED) is 0.292. The van der Waals surface area contributed by atoms with Crippen molar-refractivity contribution in [2.75, 3.05) is 14.2 Å². The Hall–Kier alpha value is -3.20. The molecule has 0 saturated heterocycles. The molecule has 0 bridgehead atoms. The molecule has 0 spiro atoms. The molecule has 0 aliphatic rings. The van der Waals surface area contributed by atoms with E-state index in [4.69, 9.17) is 9.47 Å². The minimum absolute atomic E-state index is 0.951. The van der Waals surface area contributed by atoms with Crippen LogP contribution in [0.1, 0.15) is 44.5 Å². The van der Waals surface area contributed by atoms with Gasteiger partial charge in [-0.25, -0.2) is 0 Å². The van der Waals surface area contributed by atoms with Gasteiger partial charge in [0.2, 0.25) is 0 Å². The Morgan fingerprint density at radius 2 is 0.529 bits per heavy atom. The van der Waals surface area contributed by atoms with Gasteiger partial charge in [0.15, 0.2) is 11.2 Å². The van der Waals surface area contributed by atoms with Crippen LogP contribution in [0.2, 0.25) is 0 Å². The van der Waals surface area contributed by atoms with Gasteiger partial charge in [-0.3, -0.25) is 0 Å². The molecule has 0 heterocycles. The summed E-state index contributed by atoms with van der Waals surface area (Å²) in [4.78, 5) is 0. The van der Waals surface area contributed by atoms with Crippen LogP contribution in [-0.4, -0.2) is 14.2 Å². The number of hydrogen-bond donors (Lipinski definition) is 0. The van der Waals surface area contributed by atoms with Gasteiger partial charge >= 0.3 is 0 Å². The molecule has 34 heavy (non-hydrogen) atoms. The van der Waals surface area contributed by atoms with E-state index in [0.29, 0.717) is 0 Å². The van der Waals surface area contributed by atoms with E-state index < -0.39 is 11.2 Å². The third-order valence-electron chi connectivity index (χ3n) is 6.94. The van der Waals surface area contributed by atoms with Gasteiger partial charge in [0.25, 0.3) is 0 Å². The second kappa shape index (κ2) is 9.58. The molecule has 2 nitrogen and oxygen atoms in total. The minimum Gasteiger partial charge on any atom is -0.365 e. The van der Waals surface area contributed by atoms with Gasteiger partial charge in [0, 0.05) is 14.2 Å². The van der Waals surface area contributed by atoms with Crippen LogP contribution < -0.4 is 0 Å². The third-order valence-corrected chi connectivity index (χ3v) is 6.94. The lowest BCUT2D eigenvalue weighted by Crippen LogP contribution is -2.53. The molecule has 4 rings (SSSR count). The van der Waals surface area contributed by atoms with Crippen molar-refractivity contribution in [1.82, 2.24) is 0 Å². The van der Waals surface area contributed by atoms with E-state index in [0.717, 1.165) is 22.3 Å². The second-order valence-electron chi connectivity index (χ2n) is 9.23. The number of methoxy groups -OCH3 is 2. The summed E-state index contributed by atoms with van der Waals surface area (Å²) in [5.41, 5.74) is 7.04. The van der Waals surface area contributed by atoms with Crippen LogP contribution in [0.4, 0.5) is 0 Å². The first-order valence-corrected chi connectivity index (χ1v) is 11.8. The molecule has 0 saturated carbocycles. The van der Waals surface area contributed by atoms with Crippen molar-refractivity contribution >= 4 is 0 Å². The zero-order valence-corrected chi connectivity index (χ0v) is 21.1. The van der Waals surface area contributed by atoms with Crippen LogP contribution >= 0.6 is 0 Å². The summed E-state index contributed by atoms with van der Waals surface area (Å²) < 4.78 is 13.4. The van der Waals surface area contributed by atoms with Gasteiger partial charge in [-0.1, -0.05) is 119 Å². The Balaban J connectivity index is 2.17. The molecule has 0 amide bonds. The standard InChI is InChI=1S/C32H34O2/c1-23-7-15-27(16-8-23)31(33-5,28-17-9-24(2)10-18-28)32(34-6,29-19-11-25(3)12-20-29)30-21-13-26(4)14-22-30/h7-22H,1-6H3. The lowest BCUT2D eigenvalue weighted by Gasteiger charge is -2.50. The van der Waals surface area contributed by atoms with Crippen LogP contribution in [0.15, 0.2) is 97.1 Å². The highest BCUT2D eigenvalue weighted by molar-refractivity contribution is 5.52. The average molecular weight is 451 g/mol. The molecule has 174 valence electrons. The Kier molecular flexibility index (Phi) is 6.74. The highest BCUT2D eigenvalue weighted by Gasteiger charge is 2.57. The van der Waals surface area contributed by atoms with Gasteiger partial charge in [-0.05, 0) is 49.9 Å². The van der Waals surface area contributed by atoms with Crippen molar-refractivity contribution in [2.45, 2.75) is 38.9 Å². The van der Waals surface area contributed by atoms with E-state index in [-0.39, 0.29) is 0 Å². The third kappa shape index (κ3) is 3.87. The summed E-state index contributed by atoms with van der Waals surface area (Å²) in [6.45, 7) is 8.42. The molecule has 0 fully saturated rings. The smallest absolute Gasteiger partial charge is 0.155 e. The Morgan fingerprint density at radius 1 is 0.353 bits per heavy atom. The zero-order chi connectivity index (χ0) is 24.3. The molecular formula is C32H34O2. The second-order valence-corrected chi connectivity index (χ2v) is 9.23. The van der Waals surface area contributed by atoms with Gasteiger partial charge < -0.3 is 9.47 Å². The minimum atomic E-state index is -0.951. The maximum Gasteiger partial charge on any atom is 0.155 e. The van der Waals surface area contributed by atoms with Crippen molar-refractivity contribution < 1.29 is 9.47 Å². The molecular weight excluding hydrogens is 416 g/mol. The molecule has 0 radical (unpaired) electrons. The Bertz CT molecular complexity index is 1030. The van der Waals surface area contributed by atoms with Crippen LogP contribution in [0.3, 0.4) is 0 Å². The van der Waals surface area contributed by atoms with Gasteiger partial charge in [-0.15, -0.1) is 0 Å². The number of aryl methyl sites for hydroxylation is 4. The summed E-state index contributed by atoms with van der Waals surface area (Å²) in [6, 6.07) is 34.4. The predicted molar refractivity (Wildman–Crippen MR) is 140 cm³/mol. The highest BCUT2D eigenvalue weighted by Crippen LogP contribution is 2.54. The fraction of sp³-hybridized carbons (Fsp3) is 0.250. The fourth-order valence-corrected chi connectivity index (χ4v) is 5.06. The lowest BCUT2D eigenvalue weighted by molar-refractivity contribution is -0.153. The molecule has 0 N–H and O–H groups in total. The Morgan fingerprint density at radius 3 is 0.676 bits per heavy atom. The van der Waals surface area contributed by atoms with E-state index in [1.807, 2.05) is 0 Å². The molecule has 0 atom stereocenters. The largest absolute Gasteiger partial charge is 0.365 e. The van der Waals surface area contributed by atoms with E-state index in [1.54, 1.807) is 14.2 Å². The normalized spacial score (nSPS) is 12.1. The van der Waals surface area contributed by atoms with E-state index in [2.05, 4.69) is 125 Å². The summed E-state index contributed by atoms with van der Waals surface area (Å²) in [6.07, 6.45) is 0. The summed E-state index contributed by atoms with van der Waals surface area (Å²) >= 11 is 0. The number of ether oxygens (including phenoxy) is 2. The molecule has 4 aromatic carbocycles. The van der Waals surface area contributed by atoms with Crippen molar-refractivity contribution in [2.24, 2.45) is 0 Å². The van der Waals surface area contributed by atoms with Gasteiger partial charge in [0.05, 0.1) is 0 Å². The highest BCUT2D eigenvalue weighted by atomic mass is 16.5.